The van der Waals surface area contributed by atoms with E-state index in [9.17, 15) is 9.59 Å². The Bertz CT molecular complexity index is 1240. The molecule has 1 aliphatic heterocycles. The van der Waals surface area contributed by atoms with Crippen molar-refractivity contribution in [2.45, 2.75) is 32.4 Å². The molecule has 0 aliphatic carbocycles. The molecule has 1 heterocycles. The fourth-order valence-electron chi connectivity index (χ4n) is 4.34. The van der Waals surface area contributed by atoms with E-state index in [2.05, 4.69) is 35.6 Å². The van der Waals surface area contributed by atoms with Crippen molar-refractivity contribution in [3.05, 3.63) is 77.9 Å². The predicted octanol–water partition coefficient (Wildman–Crippen LogP) is 3.98. The van der Waals surface area contributed by atoms with Crippen LogP contribution < -0.4 is 10.1 Å². The molecule has 0 fully saturated rings. The maximum absolute atomic E-state index is 13.4. The van der Waals surface area contributed by atoms with Crippen molar-refractivity contribution in [1.29, 1.82) is 0 Å². The summed E-state index contributed by atoms with van der Waals surface area (Å²) in [7, 11) is 3.40. The lowest BCUT2D eigenvalue weighted by atomic mass is 9.97. The second-order valence-corrected chi connectivity index (χ2v) is 9.23. The molecule has 0 radical (unpaired) electrons. The second-order valence-electron chi connectivity index (χ2n) is 9.23. The standard InChI is InChI=1S/C28H32N4O3/c1-19(2)29-27(33)17-31(3)18-28(34)32-26(21-11-13-24(35-4)14-12-21)16-25(30-32)23-10-9-20-7-5-6-8-22(20)15-23/h5-15,19,26H,16-18H2,1-4H3,(H,29,33)/t26-/m0/s1. The highest BCUT2D eigenvalue weighted by molar-refractivity contribution is 6.05. The molecule has 7 heteroatoms. The number of hydrogen-bond donors (Lipinski definition) is 1. The van der Waals surface area contributed by atoms with E-state index in [0.717, 1.165) is 33.4 Å². The molecule has 7 nitrogen and oxygen atoms in total. The normalized spacial score (nSPS) is 15.5. The Morgan fingerprint density at radius 1 is 1.06 bits per heavy atom. The van der Waals surface area contributed by atoms with Crippen LogP contribution in [0.2, 0.25) is 0 Å². The number of likely N-dealkylation sites (N-methyl/N-ethyl adjacent to an activating group) is 1. The van der Waals surface area contributed by atoms with Crippen LogP contribution in [0.25, 0.3) is 10.8 Å². The molecule has 2 amide bonds. The topological polar surface area (TPSA) is 74.2 Å². The van der Waals surface area contributed by atoms with E-state index in [-0.39, 0.29) is 37.0 Å². The number of nitrogens with one attached hydrogen (secondary N) is 1. The molecule has 1 N–H and O–H groups in total. The van der Waals surface area contributed by atoms with Gasteiger partial charge >= 0.3 is 0 Å². The number of carbonyl (C=O) groups is 2. The molecule has 35 heavy (non-hydrogen) atoms. The van der Waals surface area contributed by atoms with E-state index in [4.69, 9.17) is 9.84 Å². The molecule has 182 valence electrons. The summed E-state index contributed by atoms with van der Waals surface area (Å²) < 4.78 is 5.30. The SMILES string of the molecule is COc1ccc([C@@H]2CC(c3ccc4ccccc4c3)=NN2C(=O)CN(C)CC(=O)NC(C)C)cc1. The fraction of sp³-hybridized carbons (Fsp3) is 0.321. The lowest BCUT2D eigenvalue weighted by Crippen LogP contribution is -2.42. The Labute approximate surface area is 206 Å². The summed E-state index contributed by atoms with van der Waals surface area (Å²) in [4.78, 5) is 27.2. The molecule has 0 unspecified atom stereocenters. The average Bonchev–Trinajstić information content (AvgIpc) is 3.29. The van der Waals surface area contributed by atoms with Crippen molar-refractivity contribution in [2.75, 3.05) is 27.2 Å². The van der Waals surface area contributed by atoms with Crippen LogP contribution in [0.1, 0.15) is 37.4 Å². The third kappa shape index (κ3) is 5.87. The molecule has 0 saturated carbocycles. The van der Waals surface area contributed by atoms with Gasteiger partial charge in [0.05, 0.1) is 32.0 Å². The summed E-state index contributed by atoms with van der Waals surface area (Å²) in [5.41, 5.74) is 2.85. The van der Waals surface area contributed by atoms with Crippen LogP contribution in [0.5, 0.6) is 5.75 Å². The Kier molecular flexibility index (Phi) is 7.46. The summed E-state index contributed by atoms with van der Waals surface area (Å²) in [5.74, 6) is 0.501. The smallest absolute Gasteiger partial charge is 0.257 e. The quantitative estimate of drug-likeness (QED) is 0.538. The van der Waals surface area contributed by atoms with E-state index in [1.54, 1.807) is 24.1 Å². The van der Waals surface area contributed by atoms with Crippen LogP contribution in [0.4, 0.5) is 0 Å². The van der Waals surface area contributed by atoms with Gasteiger partial charge in [-0.05, 0) is 61.0 Å². The molecule has 0 spiro atoms. The molecule has 0 aromatic heterocycles. The monoisotopic (exact) mass is 472 g/mol. The number of ether oxygens (including phenoxy) is 1. The number of methoxy groups -OCH3 is 1. The molecule has 1 atom stereocenters. The maximum Gasteiger partial charge on any atom is 0.257 e. The molecule has 0 bridgehead atoms. The van der Waals surface area contributed by atoms with Gasteiger partial charge in [0, 0.05) is 12.5 Å². The third-order valence-corrected chi connectivity index (χ3v) is 6.02. The van der Waals surface area contributed by atoms with Gasteiger partial charge in [-0.25, -0.2) is 5.01 Å². The molecular formula is C28H32N4O3. The number of hydrogen-bond acceptors (Lipinski definition) is 5. The highest BCUT2D eigenvalue weighted by Gasteiger charge is 2.33. The fourth-order valence-corrected chi connectivity index (χ4v) is 4.34. The maximum atomic E-state index is 13.4. The number of fused-ring (bicyclic) bond motifs is 1. The first-order valence-electron chi connectivity index (χ1n) is 11.8. The first-order valence-corrected chi connectivity index (χ1v) is 11.8. The van der Waals surface area contributed by atoms with Crippen molar-refractivity contribution in [3.63, 3.8) is 0 Å². The number of carbonyl (C=O) groups excluding carboxylic acids is 2. The highest BCUT2D eigenvalue weighted by atomic mass is 16.5. The van der Waals surface area contributed by atoms with Gasteiger partial charge in [0.1, 0.15) is 5.75 Å². The van der Waals surface area contributed by atoms with Crippen LogP contribution >= 0.6 is 0 Å². The van der Waals surface area contributed by atoms with Gasteiger partial charge in [0.25, 0.3) is 5.91 Å². The largest absolute Gasteiger partial charge is 0.497 e. The zero-order valence-electron chi connectivity index (χ0n) is 20.7. The van der Waals surface area contributed by atoms with Gasteiger partial charge in [-0.2, -0.15) is 5.10 Å². The van der Waals surface area contributed by atoms with Gasteiger partial charge < -0.3 is 10.1 Å². The molecule has 0 saturated heterocycles. The lowest BCUT2D eigenvalue weighted by molar-refractivity contribution is -0.134. The Balaban J connectivity index is 1.59. The van der Waals surface area contributed by atoms with E-state index >= 15 is 0 Å². The summed E-state index contributed by atoms with van der Waals surface area (Å²) in [6, 6.07) is 22.0. The number of nitrogens with zero attached hydrogens (tertiary/aromatic N) is 3. The van der Waals surface area contributed by atoms with E-state index in [0.29, 0.717) is 6.42 Å². The molecular weight excluding hydrogens is 440 g/mol. The van der Waals surface area contributed by atoms with Gasteiger partial charge in [0.2, 0.25) is 5.91 Å². The number of benzene rings is 3. The minimum absolute atomic E-state index is 0.0544. The van der Waals surface area contributed by atoms with Gasteiger partial charge in [-0.15, -0.1) is 0 Å². The first-order chi connectivity index (χ1) is 16.8. The Morgan fingerprint density at radius 3 is 2.46 bits per heavy atom. The number of hydrazone groups is 1. The average molecular weight is 473 g/mol. The van der Waals surface area contributed by atoms with E-state index in [1.165, 1.54) is 0 Å². The number of rotatable bonds is 8. The lowest BCUT2D eigenvalue weighted by Gasteiger charge is -2.25. The van der Waals surface area contributed by atoms with Crippen molar-refractivity contribution in [2.24, 2.45) is 5.10 Å². The number of amides is 2. The Morgan fingerprint density at radius 2 is 1.77 bits per heavy atom. The summed E-state index contributed by atoms with van der Waals surface area (Å²) >= 11 is 0. The van der Waals surface area contributed by atoms with Crippen LogP contribution in [-0.2, 0) is 9.59 Å². The Hall–Kier alpha value is -3.71. The van der Waals surface area contributed by atoms with Gasteiger partial charge in [-0.1, -0.05) is 48.5 Å². The van der Waals surface area contributed by atoms with E-state index < -0.39 is 0 Å². The molecule has 1 aliphatic rings. The molecule has 3 aromatic rings. The summed E-state index contributed by atoms with van der Waals surface area (Å²) in [6.07, 6.45) is 0.605. The second kappa shape index (κ2) is 10.7. The van der Waals surface area contributed by atoms with Gasteiger partial charge in [-0.3, -0.25) is 14.5 Å². The van der Waals surface area contributed by atoms with Crippen LogP contribution in [0, 0.1) is 0 Å². The minimum Gasteiger partial charge on any atom is -0.497 e. The zero-order chi connectivity index (χ0) is 24.9. The zero-order valence-corrected chi connectivity index (χ0v) is 20.7. The van der Waals surface area contributed by atoms with Gasteiger partial charge in [0.15, 0.2) is 0 Å². The van der Waals surface area contributed by atoms with Crippen molar-refractivity contribution >= 4 is 28.3 Å². The van der Waals surface area contributed by atoms with Crippen LogP contribution in [0.3, 0.4) is 0 Å². The van der Waals surface area contributed by atoms with Crippen LogP contribution in [0.15, 0.2) is 71.8 Å². The van der Waals surface area contributed by atoms with E-state index in [1.807, 2.05) is 50.2 Å². The van der Waals surface area contributed by atoms with Crippen molar-refractivity contribution in [3.8, 4) is 5.75 Å². The van der Waals surface area contributed by atoms with Crippen LogP contribution in [-0.4, -0.2) is 60.7 Å². The third-order valence-electron chi connectivity index (χ3n) is 6.02. The minimum atomic E-state index is -0.229. The first kappa shape index (κ1) is 24.4. The summed E-state index contributed by atoms with van der Waals surface area (Å²) in [5, 5.41) is 11.5. The highest BCUT2D eigenvalue weighted by Crippen LogP contribution is 2.34. The van der Waals surface area contributed by atoms with Crippen molar-refractivity contribution in [1.82, 2.24) is 15.2 Å². The molecule has 3 aromatic carbocycles. The predicted molar refractivity (Wildman–Crippen MR) is 138 cm³/mol. The summed E-state index contributed by atoms with van der Waals surface area (Å²) in [6.45, 7) is 4.06. The molecule has 4 rings (SSSR count). The van der Waals surface area contributed by atoms with Crippen molar-refractivity contribution < 1.29 is 14.3 Å².